The first kappa shape index (κ1) is 12.6. The molecule has 1 aliphatic rings. The second-order valence-electron chi connectivity index (χ2n) is 4.45. The first-order valence-electron chi connectivity index (χ1n) is 5.67. The van der Waals surface area contributed by atoms with Crippen LogP contribution in [0.3, 0.4) is 0 Å². The minimum Gasteiger partial charge on any atom is -0.481 e. The molecule has 1 N–H and O–H groups in total. The summed E-state index contributed by atoms with van der Waals surface area (Å²) in [6.07, 6.45) is 0.620. The van der Waals surface area contributed by atoms with Crippen LogP contribution in [0.25, 0.3) is 0 Å². The summed E-state index contributed by atoms with van der Waals surface area (Å²) in [4.78, 5) is 11.3. The standard InChI is InChI=1S/C13H15BrO3/c1-2-11(12(15)16)13(7-17-8-13)9-3-5-10(14)6-4-9/h3-6,11H,2,7-8H2,1H3,(H,15,16). The number of carbonyl (C=O) groups is 1. The summed E-state index contributed by atoms with van der Waals surface area (Å²) in [7, 11) is 0. The molecule has 1 heterocycles. The number of halogens is 1. The fourth-order valence-corrected chi connectivity index (χ4v) is 2.74. The molecule has 92 valence electrons. The van der Waals surface area contributed by atoms with Crippen molar-refractivity contribution < 1.29 is 14.6 Å². The lowest BCUT2D eigenvalue weighted by Gasteiger charge is -2.45. The van der Waals surface area contributed by atoms with Crippen LogP contribution in [0.15, 0.2) is 28.7 Å². The first-order chi connectivity index (χ1) is 8.10. The summed E-state index contributed by atoms with van der Waals surface area (Å²) in [5, 5.41) is 9.32. The average molecular weight is 299 g/mol. The molecule has 3 nitrogen and oxygen atoms in total. The van der Waals surface area contributed by atoms with Crippen molar-refractivity contribution in [3.63, 3.8) is 0 Å². The molecule has 0 saturated carbocycles. The summed E-state index contributed by atoms with van der Waals surface area (Å²) >= 11 is 3.39. The van der Waals surface area contributed by atoms with Gasteiger partial charge in [-0.1, -0.05) is 35.0 Å². The third-order valence-corrected chi connectivity index (χ3v) is 4.04. The van der Waals surface area contributed by atoms with Gasteiger partial charge in [-0.25, -0.2) is 0 Å². The first-order valence-corrected chi connectivity index (χ1v) is 6.46. The van der Waals surface area contributed by atoms with E-state index in [9.17, 15) is 9.90 Å². The van der Waals surface area contributed by atoms with Crippen molar-refractivity contribution in [2.75, 3.05) is 13.2 Å². The monoisotopic (exact) mass is 298 g/mol. The minimum atomic E-state index is -0.737. The number of carboxylic acids is 1. The topological polar surface area (TPSA) is 46.5 Å². The van der Waals surface area contributed by atoms with E-state index in [2.05, 4.69) is 15.9 Å². The van der Waals surface area contributed by atoms with E-state index in [0.717, 1.165) is 10.0 Å². The predicted octanol–water partition coefficient (Wildman–Crippen LogP) is 2.83. The SMILES string of the molecule is CCC(C(=O)O)C1(c2ccc(Br)cc2)COC1. The molecule has 0 bridgehead atoms. The Morgan fingerprint density at radius 3 is 2.41 bits per heavy atom. The number of hydrogen-bond acceptors (Lipinski definition) is 2. The Labute approximate surface area is 109 Å². The van der Waals surface area contributed by atoms with Crippen LogP contribution < -0.4 is 0 Å². The minimum absolute atomic E-state index is 0.346. The molecule has 1 fully saturated rings. The molecule has 0 spiro atoms. The van der Waals surface area contributed by atoms with E-state index in [1.807, 2.05) is 31.2 Å². The van der Waals surface area contributed by atoms with Crippen molar-refractivity contribution in [3.05, 3.63) is 34.3 Å². The molecule has 1 atom stereocenters. The fourth-order valence-electron chi connectivity index (χ4n) is 2.47. The summed E-state index contributed by atoms with van der Waals surface area (Å²) < 4.78 is 6.28. The van der Waals surface area contributed by atoms with E-state index in [-0.39, 0.29) is 11.3 Å². The Hall–Kier alpha value is -0.870. The van der Waals surface area contributed by atoms with Crippen molar-refractivity contribution in [1.82, 2.24) is 0 Å². The Bertz CT molecular complexity index is 409. The maximum absolute atomic E-state index is 11.3. The highest BCUT2D eigenvalue weighted by molar-refractivity contribution is 9.10. The molecule has 0 aliphatic carbocycles. The Morgan fingerprint density at radius 1 is 1.47 bits per heavy atom. The molecule has 0 amide bonds. The third kappa shape index (κ3) is 2.11. The number of ether oxygens (including phenoxy) is 1. The Kier molecular flexibility index (Phi) is 3.54. The lowest BCUT2D eigenvalue weighted by molar-refractivity contribution is -0.157. The quantitative estimate of drug-likeness (QED) is 0.930. The largest absolute Gasteiger partial charge is 0.481 e. The van der Waals surface area contributed by atoms with Gasteiger partial charge in [0.05, 0.1) is 24.5 Å². The normalized spacial score (nSPS) is 19.4. The molecule has 1 saturated heterocycles. The molecule has 17 heavy (non-hydrogen) atoms. The molecular weight excluding hydrogens is 284 g/mol. The van der Waals surface area contributed by atoms with Gasteiger partial charge >= 0.3 is 5.97 Å². The van der Waals surface area contributed by atoms with Gasteiger partial charge in [-0.05, 0) is 24.1 Å². The molecule has 1 aliphatic heterocycles. The maximum atomic E-state index is 11.3. The van der Waals surface area contributed by atoms with Crippen LogP contribution in [0.5, 0.6) is 0 Å². The van der Waals surface area contributed by atoms with E-state index in [0.29, 0.717) is 19.6 Å². The van der Waals surface area contributed by atoms with Crippen LogP contribution in [0.4, 0.5) is 0 Å². The smallest absolute Gasteiger partial charge is 0.307 e. The highest BCUT2D eigenvalue weighted by atomic mass is 79.9. The van der Waals surface area contributed by atoms with Crippen LogP contribution in [0.1, 0.15) is 18.9 Å². The molecule has 1 unspecified atom stereocenters. The highest BCUT2D eigenvalue weighted by Crippen LogP contribution is 2.41. The van der Waals surface area contributed by atoms with Gasteiger partial charge in [0.1, 0.15) is 0 Å². The van der Waals surface area contributed by atoms with E-state index in [1.165, 1.54) is 0 Å². The zero-order valence-corrected chi connectivity index (χ0v) is 11.2. The predicted molar refractivity (Wildman–Crippen MR) is 68.1 cm³/mol. The Balaban J connectivity index is 2.36. The van der Waals surface area contributed by atoms with Crippen LogP contribution in [-0.2, 0) is 14.9 Å². The van der Waals surface area contributed by atoms with Gasteiger partial charge in [0.25, 0.3) is 0 Å². The molecule has 2 rings (SSSR count). The van der Waals surface area contributed by atoms with E-state index in [1.54, 1.807) is 0 Å². The fraction of sp³-hybridized carbons (Fsp3) is 0.462. The van der Waals surface area contributed by atoms with Gasteiger partial charge in [0.15, 0.2) is 0 Å². The number of rotatable bonds is 4. The highest BCUT2D eigenvalue weighted by Gasteiger charge is 2.49. The molecular formula is C13H15BrO3. The van der Waals surface area contributed by atoms with Crippen LogP contribution in [0.2, 0.25) is 0 Å². The summed E-state index contributed by atoms with van der Waals surface area (Å²) in [6, 6.07) is 7.87. The van der Waals surface area contributed by atoms with Gasteiger partial charge in [0.2, 0.25) is 0 Å². The van der Waals surface area contributed by atoms with Crippen LogP contribution in [0, 0.1) is 5.92 Å². The van der Waals surface area contributed by atoms with Crippen LogP contribution >= 0.6 is 15.9 Å². The van der Waals surface area contributed by atoms with Gasteiger partial charge < -0.3 is 9.84 Å². The molecule has 1 aromatic rings. The number of hydrogen-bond donors (Lipinski definition) is 1. The van der Waals surface area contributed by atoms with Crippen molar-refractivity contribution in [2.24, 2.45) is 5.92 Å². The summed E-state index contributed by atoms with van der Waals surface area (Å²) in [6.45, 7) is 2.91. The van der Waals surface area contributed by atoms with Gasteiger partial charge in [-0.15, -0.1) is 0 Å². The van der Waals surface area contributed by atoms with E-state index in [4.69, 9.17) is 4.74 Å². The average Bonchev–Trinajstić information content (AvgIpc) is 2.24. The zero-order valence-electron chi connectivity index (χ0n) is 9.65. The van der Waals surface area contributed by atoms with Crippen molar-refractivity contribution >= 4 is 21.9 Å². The van der Waals surface area contributed by atoms with Crippen molar-refractivity contribution in [3.8, 4) is 0 Å². The van der Waals surface area contributed by atoms with Crippen molar-refractivity contribution in [1.29, 1.82) is 0 Å². The molecule has 0 radical (unpaired) electrons. The number of aliphatic carboxylic acids is 1. The summed E-state index contributed by atoms with van der Waals surface area (Å²) in [5.41, 5.74) is 0.711. The lowest BCUT2D eigenvalue weighted by atomic mass is 9.67. The third-order valence-electron chi connectivity index (χ3n) is 3.51. The molecule has 4 heteroatoms. The molecule has 0 aromatic heterocycles. The number of benzene rings is 1. The maximum Gasteiger partial charge on any atom is 0.307 e. The van der Waals surface area contributed by atoms with Crippen LogP contribution in [-0.4, -0.2) is 24.3 Å². The van der Waals surface area contributed by atoms with Crippen molar-refractivity contribution in [2.45, 2.75) is 18.8 Å². The second-order valence-corrected chi connectivity index (χ2v) is 5.37. The summed E-state index contributed by atoms with van der Waals surface area (Å²) in [5.74, 6) is -1.11. The van der Waals surface area contributed by atoms with Gasteiger partial charge in [-0.2, -0.15) is 0 Å². The zero-order chi connectivity index (χ0) is 12.5. The molecule has 1 aromatic carbocycles. The second kappa shape index (κ2) is 4.78. The van der Waals surface area contributed by atoms with E-state index >= 15 is 0 Å². The number of carboxylic acid groups (broad SMARTS) is 1. The Morgan fingerprint density at radius 2 is 2.06 bits per heavy atom. The van der Waals surface area contributed by atoms with E-state index < -0.39 is 5.97 Å². The van der Waals surface area contributed by atoms with Gasteiger partial charge in [-0.3, -0.25) is 4.79 Å². The lowest BCUT2D eigenvalue weighted by Crippen LogP contribution is -2.54. The van der Waals surface area contributed by atoms with Gasteiger partial charge in [0, 0.05) is 4.47 Å².